The van der Waals surface area contributed by atoms with Crippen molar-refractivity contribution >= 4 is 10.1 Å². The number of phenols is 1. The first-order valence-electron chi connectivity index (χ1n) is 4.87. The lowest BCUT2D eigenvalue weighted by Gasteiger charge is -2.15. The molecule has 1 aromatic carbocycles. The molecule has 0 amide bonds. The summed E-state index contributed by atoms with van der Waals surface area (Å²) in [6, 6.07) is 2.40. The van der Waals surface area contributed by atoms with Gasteiger partial charge >= 0.3 is 0 Å². The van der Waals surface area contributed by atoms with Crippen LogP contribution in [0.4, 0.5) is 0 Å². The molecule has 1 atom stereocenters. The van der Waals surface area contributed by atoms with Crippen LogP contribution in [0.25, 0.3) is 0 Å². The number of hydrogen-bond donors (Lipinski definition) is 3. The molecule has 0 fully saturated rings. The number of aromatic hydroxyl groups is 1. The first-order valence-corrected chi connectivity index (χ1v) is 6.37. The monoisotopic (exact) mass is 278 g/mol. The van der Waals surface area contributed by atoms with Crippen molar-refractivity contribution in [3.05, 3.63) is 17.7 Å². The summed E-state index contributed by atoms with van der Waals surface area (Å²) in [6.07, 6.45) is 0. The molecule has 0 aliphatic rings. The number of rotatable bonds is 5. The van der Waals surface area contributed by atoms with E-state index in [1.807, 2.05) is 0 Å². The smallest absolute Gasteiger partial charge is 0.274 e. The molecule has 8 heteroatoms. The lowest BCUT2D eigenvalue weighted by molar-refractivity contribution is 0.284. The second-order valence-corrected chi connectivity index (χ2v) is 5.06. The lowest BCUT2D eigenvalue weighted by atomic mass is 10.1. The minimum Gasteiger partial charge on any atom is -0.502 e. The lowest BCUT2D eigenvalue weighted by Crippen LogP contribution is -2.16. The molecule has 0 radical (unpaired) electrons. The molecule has 102 valence electrons. The molecule has 0 saturated carbocycles. The van der Waals surface area contributed by atoms with E-state index in [-0.39, 0.29) is 22.8 Å². The molecule has 18 heavy (non-hydrogen) atoms. The van der Waals surface area contributed by atoms with Crippen LogP contribution in [0.3, 0.4) is 0 Å². The Morgan fingerprint density at radius 2 is 1.67 bits per heavy atom. The topological polar surface area (TPSA) is 113 Å². The molecule has 0 saturated heterocycles. The number of ether oxygens (including phenoxy) is 2. The van der Waals surface area contributed by atoms with E-state index in [4.69, 9.17) is 19.1 Å². The summed E-state index contributed by atoms with van der Waals surface area (Å²) >= 11 is 0. The van der Waals surface area contributed by atoms with Gasteiger partial charge in [0.2, 0.25) is 5.75 Å². The van der Waals surface area contributed by atoms with Gasteiger partial charge in [0.05, 0.1) is 20.8 Å². The van der Waals surface area contributed by atoms with Gasteiger partial charge in [-0.05, 0) is 17.7 Å². The van der Waals surface area contributed by atoms with Gasteiger partial charge in [-0.2, -0.15) is 8.42 Å². The Kier molecular flexibility index (Phi) is 4.38. The van der Waals surface area contributed by atoms with Gasteiger partial charge in [0.25, 0.3) is 10.1 Å². The Hall–Kier alpha value is -1.51. The highest BCUT2D eigenvalue weighted by atomic mass is 32.2. The van der Waals surface area contributed by atoms with Crippen LogP contribution < -0.4 is 9.47 Å². The zero-order valence-corrected chi connectivity index (χ0v) is 10.6. The van der Waals surface area contributed by atoms with Gasteiger partial charge in [0, 0.05) is 0 Å². The molecule has 0 aromatic heterocycles. The molecular formula is C10H14O7S. The van der Waals surface area contributed by atoms with Gasteiger partial charge in [-0.25, -0.2) is 0 Å². The highest BCUT2D eigenvalue weighted by Crippen LogP contribution is 2.39. The van der Waals surface area contributed by atoms with Crippen LogP contribution in [0.5, 0.6) is 17.2 Å². The van der Waals surface area contributed by atoms with E-state index in [1.165, 1.54) is 26.4 Å². The molecule has 1 rings (SSSR count). The van der Waals surface area contributed by atoms with Crippen LogP contribution in [-0.4, -0.2) is 44.0 Å². The highest BCUT2D eigenvalue weighted by Gasteiger charge is 2.26. The van der Waals surface area contributed by atoms with Crippen LogP contribution in [-0.2, 0) is 10.1 Å². The zero-order chi connectivity index (χ0) is 13.9. The van der Waals surface area contributed by atoms with Crippen molar-refractivity contribution in [3.63, 3.8) is 0 Å². The fourth-order valence-electron chi connectivity index (χ4n) is 1.47. The van der Waals surface area contributed by atoms with Crippen LogP contribution in [0.1, 0.15) is 10.8 Å². The number of methoxy groups -OCH3 is 2. The average molecular weight is 278 g/mol. The maximum atomic E-state index is 11.1. The highest BCUT2D eigenvalue weighted by molar-refractivity contribution is 7.86. The Morgan fingerprint density at radius 3 is 1.94 bits per heavy atom. The zero-order valence-electron chi connectivity index (χ0n) is 9.82. The van der Waals surface area contributed by atoms with E-state index < -0.39 is 22.0 Å². The van der Waals surface area contributed by atoms with Crippen molar-refractivity contribution < 1.29 is 32.7 Å². The van der Waals surface area contributed by atoms with Crippen LogP contribution >= 0.6 is 0 Å². The number of hydrogen-bond acceptors (Lipinski definition) is 6. The number of benzene rings is 1. The molecule has 1 aromatic rings. The fourth-order valence-corrected chi connectivity index (χ4v) is 2.14. The van der Waals surface area contributed by atoms with Gasteiger partial charge in [-0.1, -0.05) is 0 Å². The predicted molar refractivity (Wildman–Crippen MR) is 62.6 cm³/mol. The maximum Gasteiger partial charge on any atom is 0.274 e. The van der Waals surface area contributed by atoms with Gasteiger partial charge < -0.3 is 19.7 Å². The summed E-state index contributed by atoms with van der Waals surface area (Å²) < 4.78 is 40.9. The van der Waals surface area contributed by atoms with E-state index in [2.05, 4.69) is 0 Å². The SMILES string of the molecule is COc1cc(C(CO)S(=O)(=O)O)cc(OC)c1O. The second kappa shape index (κ2) is 5.42. The van der Waals surface area contributed by atoms with Gasteiger partial charge in [-0.15, -0.1) is 0 Å². The first-order chi connectivity index (χ1) is 8.35. The molecule has 1 unspecified atom stereocenters. The van der Waals surface area contributed by atoms with E-state index in [1.54, 1.807) is 0 Å². The number of aliphatic hydroxyl groups is 1. The Balaban J connectivity index is 3.41. The van der Waals surface area contributed by atoms with Crippen molar-refractivity contribution in [1.82, 2.24) is 0 Å². The molecule has 0 aliphatic heterocycles. The van der Waals surface area contributed by atoms with Crippen LogP contribution in [0.15, 0.2) is 12.1 Å². The molecule has 3 N–H and O–H groups in total. The summed E-state index contributed by atoms with van der Waals surface area (Å²) in [4.78, 5) is 0. The summed E-state index contributed by atoms with van der Waals surface area (Å²) in [5.41, 5.74) is 0.0477. The number of phenolic OH excluding ortho intramolecular Hbond substituents is 1. The molecule has 0 spiro atoms. The van der Waals surface area contributed by atoms with Crippen molar-refractivity contribution in [1.29, 1.82) is 0 Å². The number of aliphatic hydroxyl groups excluding tert-OH is 1. The molecule has 0 heterocycles. The molecule has 7 nitrogen and oxygen atoms in total. The first kappa shape index (κ1) is 14.6. The van der Waals surface area contributed by atoms with Gasteiger partial charge in [-0.3, -0.25) is 4.55 Å². The minimum atomic E-state index is -4.47. The van der Waals surface area contributed by atoms with E-state index in [9.17, 15) is 13.5 Å². The third kappa shape index (κ3) is 2.84. The Morgan fingerprint density at radius 1 is 1.22 bits per heavy atom. The van der Waals surface area contributed by atoms with Crippen molar-refractivity contribution in [3.8, 4) is 17.2 Å². The third-order valence-corrected chi connectivity index (χ3v) is 3.54. The minimum absolute atomic E-state index is 0.0218. The summed E-state index contributed by atoms with van der Waals surface area (Å²) in [5.74, 6) is -0.339. The third-order valence-electron chi connectivity index (χ3n) is 2.40. The van der Waals surface area contributed by atoms with E-state index >= 15 is 0 Å². The van der Waals surface area contributed by atoms with E-state index in [0.717, 1.165) is 0 Å². The largest absolute Gasteiger partial charge is 0.502 e. The van der Waals surface area contributed by atoms with Gasteiger partial charge in [0.15, 0.2) is 11.5 Å². The van der Waals surface area contributed by atoms with E-state index in [0.29, 0.717) is 0 Å². The van der Waals surface area contributed by atoms with Crippen LogP contribution in [0.2, 0.25) is 0 Å². The van der Waals surface area contributed by atoms with Crippen molar-refractivity contribution in [2.24, 2.45) is 0 Å². The summed E-state index contributed by atoms with van der Waals surface area (Å²) in [7, 11) is -1.92. The van der Waals surface area contributed by atoms with Gasteiger partial charge in [0.1, 0.15) is 5.25 Å². The quantitative estimate of drug-likeness (QED) is 0.665. The normalized spacial score (nSPS) is 13.1. The van der Waals surface area contributed by atoms with Crippen LogP contribution in [0, 0.1) is 0 Å². The standard InChI is InChI=1S/C10H14O7S/c1-16-7-3-6(4-8(17-2)10(7)12)9(5-11)18(13,14)15/h3-4,9,11-12H,5H2,1-2H3,(H,13,14,15). The van der Waals surface area contributed by atoms with Crippen molar-refractivity contribution in [2.45, 2.75) is 5.25 Å². The Bertz CT molecular complexity index is 498. The molecular weight excluding hydrogens is 264 g/mol. The predicted octanol–water partition coefficient (Wildman–Crippen LogP) is 0.331. The second-order valence-electron chi connectivity index (χ2n) is 3.46. The van der Waals surface area contributed by atoms with Crippen molar-refractivity contribution in [2.75, 3.05) is 20.8 Å². The maximum absolute atomic E-state index is 11.1. The average Bonchev–Trinajstić information content (AvgIpc) is 2.29. The fraction of sp³-hybridized carbons (Fsp3) is 0.400. The molecule has 0 aliphatic carbocycles. The Labute approximate surface area is 104 Å². The summed E-state index contributed by atoms with van der Waals surface area (Å²) in [6.45, 7) is -0.810. The summed E-state index contributed by atoms with van der Waals surface area (Å²) in [5, 5.41) is 17.1. The molecule has 0 bridgehead atoms.